The van der Waals surface area contributed by atoms with Crippen molar-refractivity contribution in [1.82, 2.24) is 0 Å². The number of anilines is 2. The van der Waals surface area contributed by atoms with Crippen LogP contribution in [0.15, 0.2) is 97.1 Å². The molecule has 0 unspecified atom stereocenters. The molecular formula is C27H23N. The maximum Gasteiger partial charge on any atom is 0.0384 e. The van der Waals surface area contributed by atoms with Crippen LogP contribution in [0.4, 0.5) is 11.4 Å². The van der Waals surface area contributed by atoms with Gasteiger partial charge in [0.2, 0.25) is 0 Å². The Balaban J connectivity index is 1.57. The van der Waals surface area contributed by atoms with E-state index in [1.165, 1.54) is 33.4 Å². The molecule has 1 aliphatic carbocycles. The maximum atomic E-state index is 3.46. The Labute approximate surface area is 166 Å². The summed E-state index contributed by atoms with van der Waals surface area (Å²) >= 11 is 0. The Morgan fingerprint density at radius 3 is 1.93 bits per heavy atom. The van der Waals surface area contributed by atoms with E-state index in [0.717, 1.165) is 11.4 Å². The van der Waals surface area contributed by atoms with Gasteiger partial charge in [-0.25, -0.2) is 0 Å². The Kier molecular flexibility index (Phi) is 3.84. The fourth-order valence-corrected chi connectivity index (χ4v) is 4.42. The molecule has 5 rings (SSSR count). The van der Waals surface area contributed by atoms with E-state index in [0.29, 0.717) is 0 Å². The third-order valence-electron chi connectivity index (χ3n) is 5.87. The average molecular weight is 361 g/mol. The van der Waals surface area contributed by atoms with Crippen LogP contribution >= 0.6 is 0 Å². The summed E-state index contributed by atoms with van der Waals surface area (Å²) in [6, 6.07) is 34.6. The molecule has 4 aromatic carbocycles. The largest absolute Gasteiger partial charge is 0.356 e. The van der Waals surface area contributed by atoms with Gasteiger partial charge >= 0.3 is 0 Å². The highest BCUT2D eigenvalue weighted by Gasteiger charge is 2.36. The molecule has 0 aliphatic heterocycles. The van der Waals surface area contributed by atoms with Crippen molar-refractivity contribution in [3.63, 3.8) is 0 Å². The Hall–Kier alpha value is -3.32. The van der Waals surface area contributed by atoms with Crippen molar-refractivity contribution in [1.29, 1.82) is 0 Å². The number of rotatable bonds is 3. The van der Waals surface area contributed by atoms with E-state index in [-0.39, 0.29) is 5.41 Å². The van der Waals surface area contributed by atoms with Gasteiger partial charge in [0, 0.05) is 16.8 Å². The van der Waals surface area contributed by atoms with Crippen LogP contribution in [-0.4, -0.2) is 0 Å². The van der Waals surface area contributed by atoms with Gasteiger partial charge in [-0.1, -0.05) is 86.6 Å². The SMILES string of the molecule is CC1(C)c2ccccc2-c2c(-c3ccc(Nc4ccccc4)cc3)cccc21. The third-order valence-corrected chi connectivity index (χ3v) is 5.87. The minimum atomic E-state index is 0.0384. The number of para-hydroxylation sites is 1. The maximum absolute atomic E-state index is 3.46. The van der Waals surface area contributed by atoms with Crippen molar-refractivity contribution < 1.29 is 0 Å². The topological polar surface area (TPSA) is 12.0 Å². The van der Waals surface area contributed by atoms with Crippen LogP contribution in [0.2, 0.25) is 0 Å². The first-order valence-corrected chi connectivity index (χ1v) is 9.80. The van der Waals surface area contributed by atoms with E-state index in [1.54, 1.807) is 0 Å². The van der Waals surface area contributed by atoms with Crippen molar-refractivity contribution in [2.75, 3.05) is 5.32 Å². The highest BCUT2D eigenvalue weighted by molar-refractivity contribution is 5.92. The van der Waals surface area contributed by atoms with Crippen molar-refractivity contribution in [2.24, 2.45) is 0 Å². The summed E-state index contributed by atoms with van der Waals surface area (Å²) in [5.74, 6) is 0. The molecule has 0 bridgehead atoms. The highest BCUT2D eigenvalue weighted by Crippen LogP contribution is 2.51. The molecule has 0 spiro atoms. The number of hydrogen-bond donors (Lipinski definition) is 1. The fraction of sp³-hybridized carbons (Fsp3) is 0.111. The Morgan fingerprint density at radius 1 is 0.536 bits per heavy atom. The molecule has 1 heteroatoms. The monoisotopic (exact) mass is 361 g/mol. The molecule has 1 aliphatic rings. The lowest BCUT2D eigenvalue weighted by Crippen LogP contribution is -2.14. The standard InChI is InChI=1S/C27H23N/c1-27(2)24-13-7-6-11-23(24)26-22(12-8-14-25(26)27)19-15-17-21(18-16-19)28-20-9-4-3-5-10-20/h3-18,28H,1-2H3. The minimum Gasteiger partial charge on any atom is -0.356 e. The summed E-state index contributed by atoms with van der Waals surface area (Å²) in [4.78, 5) is 0. The third kappa shape index (κ3) is 2.63. The number of nitrogens with one attached hydrogen (secondary N) is 1. The summed E-state index contributed by atoms with van der Waals surface area (Å²) in [6.07, 6.45) is 0. The zero-order valence-electron chi connectivity index (χ0n) is 16.2. The van der Waals surface area contributed by atoms with Crippen LogP contribution in [0, 0.1) is 0 Å². The molecule has 0 atom stereocenters. The van der Waals surface area contributed by atoms with E-state index in [4.69, 9.17) is 0 Å². The van der Waals surface area contributed by atoms with Gasteiger partial charge < -0.3 is 5.32 Å². The van der Waals surface area contributed by atoms with E-state index in [2.05, 4.69) is 98.0 Å². The first-order chi connectivity index (χ1) is 13.6. The molecule has 1 nitrogen and oxygen atoms in total. The van der Waals surface area contributed by atoms with Gasteiger partial charge in [0.05, 0.1) is 0 Å². The summed E-state index contributed by atoms with van der Waals surface area (Å²) in [6.45, 7) is 4.66. The second-order valence-corrected chi connectivity index (χ2v) is 7.97. The molecule has 0 amide bonds. The molecule has 0 heterocycles. The van der Waals surface area contributed by atoms with Gasteiger partial charge in [0.1, 0.15) is 0 Å². The molecule has 0 radical (unpaired) electrons. The minimum absolute atomic E-state index is 0.0384. The lowest BCUT2D eigenvalue weighted by atomic mass is 9.82. The lowest BCUT2D eigenvalue weighted by Gasteiger charge is -2.21. The Bertz CT molecular complexity index is 1140. The zero-order valence-corrected chi connectivity index (χ0v) is 16.2. The van der Waals surface area contributed by atoms with Crippen LogP contribution < -0.4 is 5.32 Å². The first kappa shape index (κ1) is 16.8. The van der Waals surface area contributed by atoms with Gasteiger partial charge in [-0.05, 0) is 57.6 Å². The molecule has 0 fully saturated rings. The summed E-state index contributed by atoms with van der Waals surface area (Å²) in [5, 5.41) is 3.46. The quantitative estimate of drug-likeness (QED) is 0.401. The smallest absolute Gasteiger partial charge is 0.0384 e. The van der Waals surface area contributed by atoms with Gasteiger partial charge in [-0.3, -0.25) is 0 Å². The van der Waals surface area contributed by atoms with Crippen LogP contribution in [0.5, 0.6) is 0 Å². The second kappa shape index (κ2) is 6.38. The molecule has 0 saturated heterocycles. The molecule has 1 N–H and O–H groups in total. The highest BCUT2D eigenvalue weighted by atomic mass is 14.9. The first-order valence-electron chi connectivity index (χ1n) is 9.80. The number of hydrogen-bond acceptors (Lipinski definition) is 1. The predicted octanol–water partition coefficient (Wildman–Crippen LogP) is 7.40. The van der Waals surface area contributed by atoms with Crippen molar-refractivity contribution in [3.8, 4) is 22.3 Å². The molecule has 0 aromatic heterocycles. The summed E-state index contributed by atoms with van der Waals surface area (Å²) in [7, 11) is 0. The van der Waals surface area contributed by atoms with Crippen molar-refractivity contribution in [2.45, 2.75) is 19.3 Å². The molecule has 28 heavy (non-hydrogen) atoms. The van der Waals surface area contributed by atoms with Crippen LogP contribution in [0.3, 0.4) is 0 Å². The summed E-state index contributed by atoms with van der Waals surface area (Å²) in [5.41, 5.74) is 10.4. The van der Waals surface area contributed by atoms with Gasteiger partial charge in [0.15, 0.2) is 0 Å². The average Bonchev–Trinajstić information content (AvgIpc) is 2.97. The number of benzene rings is 4. The van der Waals surface area contributed by atoms with Crippen LogP contribution in [0.1, 0.15) is 25.0 Å². The van der Waals surface area contributed by atoms with Gasteiger partial charge in [-0.15, -0.1) is 0 Å². The van der Waals surface area contributed by atoms with E-state index < -0.39 is 0 Å². The zero-order chi connectivity index (χ0) is 19.1. The van der Waals surface area contributed by atoms with E-state index in [9.17, 15) is 0 Å². The van der Waals surface area contributed by atoms with Gasteiger partial charge in [0.25, 0.3) is 0 Å². The Morgan fingerprint density at radius 2 is 1.14 bits per heavy atom. The summed E-state index contributed by atoms with van der Waals surface area (Å²) < 4.78 is 0. The van der Waals surface area contributed by atoms with Crippen molar-refractivity contribution in [3.05, 3.63) is 108 Å². The number of fused-ring (bicyclic) bond motifs is 3. The second-order valence-electron chi connectivity index (χ2n) is 7.97. The van der Waals surface area contributed by atoms with E-state index >= 15 is 0 Å². The van der Waals surface area contributed by atoms with Gasteiger partial charge in [-0.2, -0.15) is 0 Å². The normalized spacial score (nSPS) is 13.6. The van der Waals surface area contributed by atoms with Crippen molar-refractivity contribution >= 4 is 11.4 Å². The molecule has 4 aromatic rings. The predicted molar refractivity (Wildman–Crippen MR) is 119 cm³/mol. The fourth-order valence-electron chi connectivity index (χ4n) is 4.42. The molecular weight excluding hydrogens is 338 g/mol. The lowest BCUT2D eigenvalue weighted by molar-refractivity contribution is 0.660. The molecule has 0 saturated carbocycles. The van der Waals surface area contributed by atoms with Crippen LogP contribution in [0.25, 0.3) is 22.3 Å². The molecule has 136 valence electrons. The van der Waals surface area contributed by atoms with E-state index in [1.807, 2.05) is 18.2 Å². The van der Waals surface area contributed by atoms with Crippen LogP contribution in [-0.2, 0) is 5.41 Å².